The number of nitrogens with one attached hydrogen (secondary N) is 2. The molecule has 0 amide bonds. The summed E-state index contributed by atoms with van der Waals surface area (Å²) in [5, 5.41) is 16.3. The van der Waals surface area contributed by atoms with Crippen LogP contribution in [0.25, 0.3) is 49.4 Å². The van der Waals surface area contributed by atoms with Crippen molar-refractivity contribution in [2.24, 2.45) is 11.5 Å². The van der Waals surface area contributed by atoms with Gasteiger partial charge in [0.1, 0.15) is 6.04 Å². The molecule has 3 heterocycles. The summed E-state index contributed by atoms with van der Waals surface area (Å²) < 4.78 is 6.95. The number of hydrogen-bond acceptors (Lipinski definition) is 4. The third-order valence-corrected chi connectivity index (χ3v) is 9.63. The van der Waals surface area contributed by atoms with Crippen LogP contribution < -0.4 is 21.5 Å². The van der Waals surface area contributed by atoms with Gasteiger partial charge in [0, 0.05) is 57.7 Å². The lowest BCUT2D eigenvalue weighted by molar-refractivity contribution is 0.823. The molecule has 1 unspecified atom stereocenters. The molecule has 1 atom stereocenters. The zero-order chi connectivity index (χ0) is 38.9. The van der Waals surface area contributed by atoms with Gasteiger partial charge in [0.05, 0.1) is 11.0 Å². The SMILES string of the molecule is C=C/C(=C\N)C/C=C(\C=N)c1ccc2c(ccc3c4ccc(C5=CC(C6=[N+]=CC=C6)NC(/C(C=C)=C/N)=C5)cc4n(-c4ccccc4)c23)c1.C=CC=C(C)C. The van der Waals surface area contributed by atoms with Crippen LogP contribution in [-0.2, 0) is 0 Å². The lowest BCUT2D eigenvalue weighted by atomic mass is 9.94. The van der Waals surface area contributed by atoms with Crippen molar-refractivity contribution in [3.63, 3.8) is 0 Å². The Kier molecular flexibility index (Phi) is 11.7. The van der Waals surface area contributed by atoms with Crippen molar-refractivity contribution in [3.8, 4) is 5.69 Å². The number of para-hydroxylation sites is 1. The molecule has 2 aliphatic heterocycles. The van der Waals surface area contributed by atoms with Gasteiger partial charge < -0.3 is 26.8 Å². The molecule has 272 valence electrons. The number of rotatable bonds is 11. The van der Waals surface area contributed by atoms with Gasteiger partial charge in [0.25, 0.3) is 6.21 Å². The Labute approximate surface area is 323 Å². The molecular weight excluding hydrogens is 673 g/mol. The molecule has 0 radical (unpaired) electrons. The fourth-order valence-corrected chi connectivity index (χ4v) is 6.89. The minimum absolute atomic E-state index is 0.122. The highest BCUT2D eigenvalue weighted by molar-refractivity contribution is 6.20. The lowest BCUT2D eigenvalue weighted by Gasteiger charge is -2.22. The average Bonchev–Trinajstić information content (AvgIpc) is 3.87. The summed E-state index contributed by atoms with van der Waals surface area (Å²) in [4.78, 5) is 0. The van der Waals surface area contributed by atoms with E-state index in [1.54, 1.807) is 30.6 Å². The monoisotopic (exact) mass is 719 g/mol. The molecule has 1 aromatic heterocycles. The quantitative estimate of drug-likeness (QED) is 0.0620. The van der Waals surface area contributed by atoms with Gasteiger partial charge >= 0.3 is 5.71 Å². The highest BCUT2D eigenvalue weighted by atomic mass is 15.0. The van der Waals surface area contributed by atoms with Crippen molar-refractivity contribution in [2.45, 2.75) is 26.3 Å². The standard InChI is InChI=1S/C43H37N6.C6H10/c1-3-28(25-44)12-13-33(27-46)30-14-17-36-32(21-30)16-19-38-37-18-15-31(24-42(37)49(43(36)38)35-9-6-5-7-10-35)34-22-40(29(4-2)26-45)48-41(23-34)39-11-8-20-47-39;1-4-5-6(2)3/h3-11,13-27,41,46,48H,1-2,12,44-45H2;4-5H,1H2,2-3H3/q+1;/b28-25+,29-26+,33-13+,46-27?;. The van der Waals surface area contributed by atoms with Crippen molar-refractivity contribution < 1.29 is 0 Å². The molecule has 2 aliphatic rings. The number of aromatic nitrogens is 1. The lowest BCUT2D eigenvalue weighted by Crippen LogP contribution is -2.37. The molecule has 5 aromatic rings. The molecule has 0 fully saturated rings. The fraction of sp³-hybridized carbons (Fsp3) is 0.0816. The Balaban J connectivity index is 0.000000794. The molecule has 7 rings (SSSR count). The maximum atomic E-state index is 8.13. The van der Waals surface area contributed by atoms with Crippen molar-refractivity contribution in [1.82, 2.24) is 14.6 Å². The van der Waals surface area contributed by atoms with E-state index >= 15 is 0 Å². The maximum absolute atomic E-state index is 8.13. The summed E-state index contributed by atoms with van der Waals surface area (Å²) in [5.41, 5.74) is 23.9. The smallest absolute Gasteiger partial charge is 0.329 e. The van der Waals surface area contributed by atoms with Crippen LogP contribution in [0.1, 0.15) is 31.4 Å². The van der Waals surface area contributed by atoms with Crippen molar-refractivity contribution in [1.29, 1.82) is 5.41 Å². The Morgan fingerprint density at radius 1 is 0.891 bits per heavy atom. The zero-order valence-corrected chi connectivity index (χ0v) is 31.5. The highest BCUT2D eigenvalue weighted by Crippen LogP contribution is 2.39. The predicted molar refractivity (Wildman–Crippen MR) is 240 cm³/mol. The molecule has 55 heavy (non-hydrogen) atoms. The largest absolute Gasteiger partial charge is 0.404 e. The van der Waals surface area contributed by atoms with E-state index in [9.17, 15) is 0 Å². The second kappa shape index (κ2) is 17.1. The third kappa shape index (κ3) is 7.96. The number of benzene rings is 4. The number of fused-ring (bicyclic) bond motifs is 5. The van der Waals surface area contributed by atoms with E-state index in [4.69, 9.17) is 16.9 Å². The summed E-state index contributed by atoms with van der Waals surface area (Å²) in [5.74, 6) is 0. The first-order valence-electron chi connectivity index (χ1n) is 18.2. The molecule has 4 aromatic carbocycles. The fourth-order valence-electron chi connectivity index (χ4n) is 6.89. The highest BCUT2D eigenvalue weighted by Gasteiger charge is 2.27. The molecule has 0 spiro atoms. The Morgan fingerprint density at radius 3 is 2.31 bits per heavy atom. The normalized spacial score (nSPS) is 15.4. The van der Waals surface area contributed by atoms with Crippen molar-refractivity contribution >= 4 is 61.9 Å². The van der Waals surface area contributed by atoms with Gasteiger partial charge in [-0.15, -0.1) is 0 Å². The first-order chi connectivity index (χ1) is 26.8. The van der Waals surface area contributed by atoms with E-state index in [-0.39, 0.29) is 6.04 Å². The number of nitrogens with two attached hydrogens (primary N) is 2. The third-order valence-electron chi connectivity index (χ3n) is 9.63. The van der Waals surface area contributed by atoms with Crippen molar-refractivity contribution in [2.75, 3.05) is 0 Å². The molecule has 0 aliphatic carbocycles. The van der Waals surface area contributed by atoms with E-state index in [0.29, 0.717) is 6.42 Å². The van der Waals surface area contributed by atoms with Crippen molar-refractivity contribution in [3.05, 3.63) is 199 Å². The van der Waals surface area contributed by atoms with Gasteiger partial charge in [0.2, 0.25) is 0 Å². The Bertz CT molecular complexity index is 2620. The van der Waals surface area contributed by atoms with E-state index < -0.39 is 0 Å². The van der Waals surface area contributed by atoms with Gasteiger partial charge in [-0.3, -0.25) is 0 Å². The van der Waals surface area contributed by atoms with Crippen LogP contribution >= 0.6 is 0 Å². The second-order valence-electron chi connectivity index (χ2n) is 13.4. The van der Waals surface area contributed by atoms with Gasteiger partial charge in [-0.25, -0.2) is 0 Å². The van der Waals surface area contributed by atoms with E-state index in [1.807, 2.05) is 50.4 Å². The maximum Gasteiger partial charge on any atom is 0.329 e. The second-order valence-corrected chi connectivity index (χ2v) is 13.4. The molecule has 6 nitrogen and oxygen atoms in total. The molecule has 0 saturated heterocycles. The topological polar surface area (TPSA) is 107 Å². The first kappa shape index (κ1) is 37.6. The van der Waals surface area contributed by atoms with Crippen LogP contribution in [0.2, 0.25) is 0 Å². The Hall–Kier alpha value is -7.14. The van der Waals surface area contributed by atoms with E-state index in [2.05, 4.69) is 119 Å². The van der Waals surface area contributed by atoms with Gasteiger partial charge in [-0.05, 0) is 96.1 Å². The van der Waals surface area contributed by atoms with Crippen LogP contribution in [0.3, 0.4) is 0 Å². The summed E-state index contributed by atoms with van der Waals surface area (Å²) >= 11 is 0. The molecule has 0 bridgehead atoms. The van der Waals surface area contributed by atoms with Gasteiger partial charge in [-0.2, -0.15) is 0 Å². The molecule has 6 N–H and O–H groups in total. The predicted octanol–water partition coefficient (Wildman–Crippen LogP) is 9.94. The number of nitrogens with zero attached hydrogens (tertiary/aromatic N) is 2. The van der Waals surface area contributed by atoms with Gasteiger partial charge in [0.15, 0.2) is 0 Å². The van der Waals surface area contributed by atoms with Crippen LogP contribution in [-0.4, -0.2) is 28.7 Å². The number of hydrogen-bond donors (Lipinski definition) is 4. The summed E-state index contributed by atoms with van der Waals surface area (Å²) in [6.45, 7) is 15.4. The van der Waals surface area contributed by atoms with E-state index in [0.717, 1.165) is 72.3 Å². The zero-order valence-electron chi connectivity index (χ0n) is 31.5. The summed E-state index contributed by atoms with van der Waals surface area (Å²) in [6, 6.07) is 27.9. The van der Waals surface area contributed by atoms with Crippen LogP contribution in [0.15, 0.2) is 188 Å². The molecular formula is C49H47N6+. The minimum Gasteiger partial charge on any atom is -0.404 e. The Morgan fingerprint density at radius 2 is 1.67 bits per heavy atom. The van der Waals surface area contributed by atoms with Gasteiger partial charge in [-0.1, -0.05) is 115 Å². The molecule has 6 heteroatoms. The van der Waals surface area contributed by atoms with Crippen LogP contribution in [0, 0.1) is 5.41 Å². The van der Waals surface area contributed by atoms with Crippen LogP contribution in [0.4, 0.5) is 0 Å². The first-order valence-corrected chi connectivity index (χ1v) is 18.2. The van der Waals surface area contributed by atoms with Crippen LogP contribution in [0.5, 0.6) is 0 Å². The summed E-state index contributed by atoms with van der Waals surface area (Å²) in [6.07, 6.45) is 24.6. The van der Waals surface area contributed by atoms with E-state index in [1.165, 1.54) is 22.6 Å². The molecule has 0 saturated carbocycles. The summed E-state index contributed by atoms with van der Waals surface area (Å²) in [7, 11) is 0. The minimum atomic E-state index is -0.122. The number of allylic oxidation sites excluding steroid dienone is 11. The number of dihydropyridines is 1. The average molecular weight is 720 g/mol.